The van der Waals surface area contributed by atoms with Crippen molar-refractivity contribution in [3.05, 3.63) is 62.0 Å². The SMILES string of the molecule is CCN=c1scc(-c2ccc(Cl)s2)n1/N=C/c1ccc(C(C)(C)C)cc1. The molecule has 0 unspecified atom stereocenters. The van der Waals surface area contributed by atoms with Gasteiger partial charge in [-0.3, -0.25) is 4.99 Å². The summed E-state index contributed by atoms with van der Waals surface area (Å²) in [5.41, 5.74) is 3.54. The fourth-order valence-electron chi connectivity index (χ4n) is 2.47. The molecule has 0 atom stereocenters. The van der Waals surface area contributed by atoms with Crippen LogP contribution in [-0.4, -0.2) is 17.4 Å². The highest BCUT2D eigenvalue weighted by molar-refractivity contribution is 7.19. The Balaban J connectivity index is 1.97. The zero-order chi connectivity index (χ0) is 18.7. The number of thiophene rings is 1. The molecule has 0 aliphatic rings. The van der Waals surface area contributed by atoms with Crippen molar-refractivity contribution in [2.45, 2.75) is 33.1 Å². The molecular weight excluding hydrogens is 382 g/mol. The van der Waals surface area contributed by atoms with Crippen LogP contribution in [0.2, 0.25) is 4.34 Å². The lowest BCUT2D eigenvalue weighted by molar-refractivity contribution is 0.590. The molecule has 0 saturated carbocycles. The first-order valence-corrected chi connectivity index (χ1v) is 10.6. The van der Waals surface area contributed by atoms with Crippen molar-refractivity contribution < 1.29 is 0 Å². The summed E-state index contributed by atoms with van der Waals surface area (Å²) >= 11 is 9.25. The summed E-state index contributed by atoms with van der Waals surface area (Å²) in [7, 11) is 0. The molecule has 0 fully saturated rings. The summed E-state index contributed by atoms with van der Waals surface area (Å²) < 4.78 is 2.67. The lowest BCUT2D eigenvalue weighted by Crippen LogP contribution is -2.12. The summed E-state index contributed by atoms with van der Waals surface area (Å²) in [4.78, 5) is 6.53. The van der Waals surface area contributed by atoms with Gasteiger partial charge in [-0.2, -0.15) is 5.10 Å². The Kier molecular flexibility index (Phi) is 5.80. The lowest BCUT2D eigenvalue weighted by atomic mass is 9.87. The molecule has 2 heterocycles. The molecule has 0 aliphatic heterocycles. The Labute approximate surface area is 167 Å². The number of rotatable bonds is 4. The lowest BCUT2D eigenvalue weighted by Gasteiger charge is -2.18. The highest BCUT2D eigenvalue weighted by Crippen LogP contribution is 2.31. The summed E-state index contributed by atoms with van der Waals surface area (Å²) in [5, 5.41) is 6.78. The van der Waals surface area contributed by atoms with E-state index in [9.17, 15) is 0 Å². The fraction of sp³-hybridized carbons (Fsp3) is 0.300. The van der Waals surface area contributed by atoms with Crippen molar-refractivity contribution in [2.24, 2.45) is 10.1 Å². The van der Waals surface area contributed by atoms with Gasteiger partial charge in [-0.05, 0) is 35.6 Å². The highest BCUT2D eigenvalue weighted by atomic mass is 35.5. The first-order chi connectivity index (χ1) is 12.4. The minimum Gasteiger partial charge on any atom is -0.258 e. The highest BCUT2D eigenvalue weighted by Gasteiger charge is 2.13. The van der Waals surface area contributed by atoms with E-state index in [1.807, 2.05) is 29.9 Å². The van der Waals surface area contributed by atoms with Crippen LogP contribution in [0.5, 0.6) is 0 Å². The third-order valence-electron chi connectivity index (χ3n) is 3.90. The average Bonchev–Trinajstić information content (AvgIpc) is 3.19. The van der Waals surface area contributed by atoms with Crippen LogP contribution in [0.25, 0.3) is 10.6 Å². The van der Waals surface area contributed by atoms with E-state index in [-0.39, 0.29) is 5.41 Å². The quantitative estimate of drug-likeness (QED) is 0.476. The summed E-state index contributed by atoms with van der Waals surface area (Å²) in [6.07, 6.45) is 1.88. The van der Waals surface area contributed by atoms with Crippen LogP contribution in [0.15, 0.2) is 51.9 Å². The number of hydrogen-bond acceptors (Lipinski definition) is 4. The maximum Gasteiger partial charge on any atom is 0.206 e. The van der Waals surface area contributed by atoms with Crippen molar-refractivity contribution in [2.75, 3.05) is 6.54 Å². The topological polar surface area (TPSA) is 29.6 Å². The van der Waals surface area contributed by atoms with Gasteiger partial charge in [0.15, 0.2) is 0 Å². The molecule has 3 aromatic rings. The monoisotopic (exact) mass is 403 g/mol. The van der Waals surface area contributed by atoms with Crippen LogP contribution in [0.4, 0.5) is 0 Å². The van der Waals surface area contributed by atoms with Gasteiger partial charge in [-0.15, -0.1) is 22.7 Å². The van der Waals surface area contributed by atoms with E-state index in [1.165, 1.54) is 5.56 Å². The summed E-state index contributed by atoms with van der Waals surface area (Å²) in [6, 6.07) is 12.5. The van der Waals surface area contributed by atoms with Crippen LogP contribution < -0.4 is 4.80 Å². The molecular formula is C20H22ClN3S2. The molecule has 26 heavy (non-hydrogen) atoms. The van der Waals surface area contributed by atoms with Crippen molar-refractivity contribution in [1.82, 2.24) is 4.68 Å². The molecule has 0 N–H and O–H groups in total. The standard InChI is InChI=1S/C20H22ClN3S2/c1-5-22-19-24(16(13-25-19)17-10-11-18(21)26-17)23-12-14-6-8-15(9-7-14)20(2,3)4/h6-13H,5H2,1-4H3/b22-19?,23-12+. The molecule has 0 amide bonds. The number of halogens is 1. The summed E-state index contributed by atoms with van der Waals surface area (Å²) in [6.45, 7) is 9.40. The van der Waals surface area contributed by atoms with E-state index in [2.05, 4.69) is 55.4 Å². The van der Waals surface area contributed by atoms with Gasteiger partial charge in [0.25, 0.3) is 0 Å². The third kappa shape index (κ3) is 4.34. The van der Waals surface area contributed by atoms with Crippen molar-refractivity contribution in [3.63, 3.8) is 0 Å². The van der Waals surface area contributed by atoms with E-state index < -0.39 is 0 Å². The van der Waals surface area contributed by atoms with Gasteiger partial charge in [-0.25, -0.2) is 4.68 Å². The average molecular weight is 404 g/mol. The second kappa shape index (κ2) is 7.91. The van der Waals surface area contributed by atoms with Gasteiger partial charge in [0, 0.05) is 11.9 Å². The number of hydrogen-bond donors (Lipinski definition) is 0. The first-order valence-electron chi connectivity index (χ1n) is 8.50. The zero-order valence-corrected chi connectivity index (χ0v) is 17.8. The van der Waals surface area contributed by atoms with E-state index in [0.717, 1.165) is 31.8 Å². The Morgan fingerprint density at radius 2 is 1.85 bits per heavy atom. The van der Waals surface area contributed by atoms with Crippen molar-refractivity contribution >= 4 is 40.5 Å². The van der Waals surface area contributed by atoms with Crippen LogP contribution in [0, 0.1) is 0 Å². The third-order valence-corrected chi connectivity index (χ3v) is 6.01. The molecule has 2 aromatic heterocycles. The van der Waals surface area contributed by atoms with E-state index in [1.54, 1.807) is 22.7 Å². The minimum absolute atomic E-state index is 0.149. The Morgan fingerprint density at radius 1 is 1.12 bits per heavy atom. The molecule has 3 rings (SSSR count). The van der Waals surface area contributed by atoms with Crippen LogP contribution in [-0.2, 0) is 5.41 Å². The number of benzene rings is 1. The van der Waals surface area contributed by atoms with Crippen molar-refractivity contribution in [1.29, 1.82) is 0 Å². The van der Waals surface area contributed by atoms with E-state index >= 15 is 0 Å². The van der Waals surface area contributed by atoms with E-state index in [4.69, 9.17) is 16.7 Å². The number of aromatic nitrogens is 1. The molecule has 0 aliphatic carbocycles. The molecule has 1 aromatic carbocycles. The predicted molar refractivity (Wildman–Crippen MR) is 115 cm³/mol. The molecule has 0 bridgehead atoms. The molecule has 6 heteroatoms. The maximum atomic E-state index is 6.11. The largest absolute Gasteiger partial charge is 0.258 e. The Morgan fingerprint density at radius 3 is 2.42 bits per heavy atom. The minimum atomic E-state index is 0.149. The smallest absolute Gasteiger partial charge is 0.206 e. The normalized spacial score (nSPS) is 13.0. The van der Waals surface area contributed by atoms with E-state index in [0.29, 0.717) is 0 Å². The van der Waals surface area contributed by atoms with Gasteiger partial charge in [0.2, 0.25) is 4.80 Å². The van der Waals surface area contributed by atoms with Crippen LogP contribution >= 0.6 is 34.3 Å². The number of thiazole rings is 1. The van der Waals surface area contributed by atoms with Gasteiger partial charge in [0.05, 0.1) is 21.1 Å². The molecule has 3 nitrogen and oxygen atoms in total. The second-order valence-corrected chi connectivity index (χ2v) is 9.46. The molecule has 0 saturated heterocycles. The predicted octanol–water partition coefficient (Wildman–Crippen LogP) is 6.03. The van der Waals surface area contributed by atoms with Gasteiger partial charge in [-0.1, -0.05) is 56.6 Å². The molecule has 0 radical (unpaired) electrons. The van der Waals surface area contributed by atoms with Crippen molar-refractivity contribution in [3.8, 4) is 10.6 Å². The summed E-state index contributed by atoms with van der Waals surface area (Å²) in [5.74, 6) is 0. The Hall–Kier alpha value is -1.69. The molecule has 136 valence electrons. The van der Waals surface area contributed by atoms with Gasteiger partial charge >= 0.3 is 0 Å². The van der Waals surface area contributed by atoms with Gasteiger partial charge < -0.3 is 0 Å². The van der Waals surface area contributed by atoms with Crippen LogP contribution in [0.3, 0.4) is 0 Å². The fourth-order valence-corrected chi connectivity index (χ4v) is 4.48. The molecule has 0 spiro atoms. The number of nitrogens with zero attached hydrogens (tertiary/aromatic N) is 3. The van der Waals surface area contributed by atoms with Crippen LogP contribution in [0.1, 0.15) is 38.8 Å². The second-order valence-electron chi connectivity index (χ2n) is 6.91. The zero-order valence-electron chi connectivity index (χ0n) is 15.4. The van der Waals surface area contributed by atoms with Gasteiger partial charge in [0.1, 0.15) is 0 Å². The first kappa shape index (κ1) is 19.1. The maximum absolute atomic E-state index is 6.11. The Bertz CT molecular complexity index is 970.